The number of nitrogens with one attached hydrogen (secondary N) is 3. The Morgan fingerprint density at radius 3 is 2.97 bits per heavy atom. The molecule has 0 aliphatic carbocycles. The maximum Gasteiger partial charge on any atom is 0.461 e. The van der Waals surface area contributed by atoms with Crippen LogP contribution in [0.2, 0.25) is 0 Å². The number of pyridine rings is 2. The van der Waals surface area contributed by atoms with Crippen LogP contribution in [0.4, 0.5) is 4.39 Å². The lowest BCUT2D eigenvalue weighted by atomic mass is 10.0. The zero-order chi connectivity index (χ0) is 23.2. The van der Waals surface area contributed by atoms with E-state index in [4.69, 9.17) is 4.74 Å². The summed E-state index contributed by atoms with van der Waals surface area (Å²) in [4.78, 5) is 25.8. The van der Waals surface area contributed by atoms with E-state index in [0.29, 0.717) is 42.4 Å². The van der Waals surface area contributed by atoms with Gasteiger partial charge in [0.05, 0.1) is 25.8 Å². The number of methoxy groups -OCH3 is 1. The van der Waals surface area contributed by atoms with Crippen LogP contribution < -0.4 is 20.6 Å². The van der Waals surface area contributed by atoms with Gasteiger partial charge in [-0.05, 0) is 36.8 Å². The number of aromatic nitrogens is 2. The van der Waals surface area contributed by atoms with Crippen LogP contribution in [0, 0.1) is 18.8 Å². The molecule has 9 nitrogen and oxygen atoms in total. The third kappa shape index (κ3) is 5.72. The molecule has 0 radical (unpaired) electrons. The first-order valence-corrected chi connectivity index (χ1v) is 10.9. The predicted octanol–water partition coefficient (Wildman–Crippen LogP) is 0.963. The van der Waals surface area contributed by atoms with Crippen LogP contribution in [0.3, 0.4) is 0 Å². The van der Waals surface area contributed by atoms with Gasteiger partial charge in [0, 0.05) is 43.2 Å². The Bertz CT molecular complexity index is 1140. The fraction of sp³-hybridized carbons (Fsp3) is 0.391. The van der Waals surface area contributed by atoms with E-state index in [-0.39, 0.29) is 17.5 Å². The van der Waals surface area contributed by atoms with E-state index in [1.54, 1.807) is 26.2 Å². The number of carbonyl (C=O) groups is 1. The van der Waals surface area contributed by atoms with Gasteiger partial charge in [0.2, 0.25) is 5.95 Å². The van der Waals surface area contributed by atoms with E-state index >= 15 is 0 Å². The van der Waals surface area contributed by atoms with Crippen molar-refractivity contribution < 1.29 is 13.9 Å². The molecular formula is C23H27FN7O2+. The van der Waals surface area contributed by atoms with Crippen molar-refractivity contribution in [2.45, 2.75) is 26.3 Å². The van der Waals surface area contributed by atoms with Crippen molar-refractivity contribution in [3.8, 4) is 11.3 Å². The van der Waals surface area contributed by atoms with Crippen LogP contribution in [-0.4, -0.2) is 60.7 Å². The number of rotatable bonds is 6. The molecule has 4 heterocycles. The van der Waals surface area contributed by atoms with Crippen LogP contribution in [0.25, 0.3) is 11.3 Å². The van der Waals surface area contributed by atoms with Crippen LogP contribution >= 0.6 is 0 Å². The third-order valence-electron chi connectivity index (χ3n) is 5.50. The van der Waals surface area contributed by atoms with Crippen molar-refractivity contribution in [2.24, 2.45) is 10.9 Å². The molecule has 4 rings (SSSR count). The summed E-state index contributed by atoms with van der Waals surface area (Å²) in [6.45, 7) is 4.18. The lowest BCUT2D eigenvalue weighted by Gasteiger charge is -2.15. The number of hydrogen-bond acceptors (Lipinski definition) is 7. The molecule has 0 saturated carbocycles. The van der Waals surface area contributed by atoms with Crippen molar-refractivity contribution in [2.75, 3.05) is 26.7 Å². The van der Waals surface area contributed by atoms with Crippen LogP contribution in [0.1, 0.15) is 34.6 Å². The Balaban J connectivity index is 1.54. The average Bonchev–Trinajstić information content (AvgIpc) is 3.35. The van der Waals surface area contributed by atoms with Crippen molar-refractivity contribution in [1.82, 2.24) is 30.6 Å². The third-order valence-corrected chi connectivity index (χ3v) is 5.50. The summed E-state index contributed by atoms with van der Waals surface area (Å²) in [5, 5.41) is 9.37. The molecule has 0 saturated heterocycles. The average molecular weight is 453 g/mol. The van der Waals surface area contributed by atoms with E-state index in [2.05, 4.69) is 35.6 Å². The Labute approximate surface area is 191 Å². The number of hydrogen-bond donors (Lipinski definition) is 3. The minimum Gasteiger partial charge on any atom is -0.439 e. The van der Waals surface area contributed by atoms with Crippen LogP contribution in [0.5, 0.6) is 0 Å². The zero-order valence-corrected chi connectivity index (χ0v) is 18.7. The molecule has 172 valence electrons. The second-order valence-electron chi connectivity index (χ2n) is 7.95. The Hall–Kier alpha value is -3.78. The maximum absolute atomic E-state index is 13.5. The second-order valence-corrected chi connectivity index (χ2v) is 7.95. The lowest BCUT2D eigenvalue weighted by Crippen LogP contribution is -2.34. The van der Waals surface area contributed by atoms with Crippen molar-refractivity contribution in [3.05, 3.63) is 47.2 Å². The molecule has 1 amide bonds. The molecule has 0 aromatic carbocycles. The van der Waals surface area contributed by atoms with Crippen molar-refractivity contribution in [3.63, 3.8) is 0 Å². The first kappa shape index (κ1) is 22.4. The van der Waals surface area contributed by atoms with Gasteiger partial charge in [0.1, 0.15) is 5.69 Å². The van der Waals surface area contributed by atoms with E-state index in [1.165, 1.54) is 6.07 Å². The topological polar surface area (TPSA) is 115 Å². The molecule has 2 aromatic rings. The highest BCUT2D eigenvalue weighted by atomic mass is 19.1. The number of carbonyl (C=O) groups excluding carboxylic acids is 1. The lowest BCUT2D eigenvalue weighted by molar-refractivity contribution is 0.0942. The van der Waals surface area contributed by atoms with Gasteiger partial charge in [0.15, 0.2) is 5.96 Å². The molecule has 1 atom stereocenters. The van der Waals surface area contributed by atoms with E-state index in [0.717, 1.165) is 31.0 Å². The first-order chi connectivity index (χ1) is 16.0. The molecule has 33 heavy (non-hydrogen) atoms. The highest BCUT2D eigenvalue weighted by Crippen LogP contribution is 2.22. The summed E-state index contributed by atoms with van der Waals surface area (Å²) in [7, 11) is 1.59. The number of aliphatic imine (C=N–C) groups is 1. The van der Waals surface area contributed by atoms with Gasteiger partial charge in [-0.25, -0.2) is 9.97 Å². The SMILES string of the molecule is COC1=[N+]=CCC(CNC(=O)c2cc(CNC3=NCCN3)cc(-c3ccc(F)nc3C)n2)C1. The fourth-order valence-corrected chi connectivity index (χ4v) is 3.75. The minimum atomic E-state index is -0.555. The van der Waals surface area contributed by atoms with Gasteiger partial charge >= 0.3 is 5.90 Å². The molecule has 3 N–H and O–H groups in total. The number of ether oxygens (including phenoxy) is 1. The fourth-order valence-electron chi connectivity index (χ4n) is 3.75. The zero-order valence-electron chi connectivity index (χ0n) is 18.7. The highest BCUT2D eigenvalue weighted by molar-refractivity contribution is 5.93. The van der Waals surface area contributed by atoms with Crippen LogP contribution in [0.15, 0.2) is 29.3 Å². The summed E-state index contributed by atoms with van der Waals surface area (Å²) in [5.74, 6) is 0.768. The Morgan fingerprint density at radius 1 is 1.33 bits per heavy atom. The summed E-state index contributed by atoms with van der Waals surface area (Å²) >= 11 is 0. The summed E-state index contributed by atoms with van der Waals surface area (Å²) < 4.78 is 22.9. The van der Waals surface area contributed by atoms with Crippen molar-refractivity contribution >= 4 is 24.0 Å². The number of amides is 1. The molecule has 0 fully saturated rings. The first-order valence-electron chi connectivity index (χ1n) is 10.9. The van der Waals surface area contributed by atoms with Gasteiger partial charge in [-0.2, -0.15) is 4.39 Å². The van der Waals surface area contributed by atoms with E-state index in [1.807, 2.05) is 12.3 Å². The summed E-state index contributed by atoms with van der Waals surface area (Å²) in [6, 6.07) is 6.55. The number of guanidine groups is 1. The molecule has 10 heteroatoms. The number of aryl methyl sites for hydroxylation is 1. The molecule has 2 aliphatic rings. The minimum absolute atomic E-state index is 0.209. The quantitative estimate of drug-likeness (QED) is 0.444. The Morgan fingerprint density at radius 2 is 2.21 bits per heavy atom. The van der Waals surface area contributed by atoms with Crippen LogP contribution in [-0.2, 0) is 11.3 Å². The van der Waals surface area contributed by atoms with E-state index in [9.17, 15) is 9.18 Å². The smallest absolute Gasteiger partial charge is 0.439 e. The molecule has 2 aromatic heterocycles. The monoisotopic (exact) mass is 452 g/mol. The second kappa shape index (κ2) is 10.2. The van der Waals surface area contributed by atoms with Gasteiger partial charge in [-0.15, -0.1) is 0 Å². The largest absolute Gasteiger partial charge is 0.461 e. The molecule has 1 unspecified atom stereocenters. The highest BCUT2D eigenvalue weighted by Gasteiger charge is 2.24. The number of nitrogens with zero attached hydrogens (tertiary/aromatic N) is 4. The maximum atomic E-state index is 13.5. The molecular weight excluding hydrogens is 425 g/mol. The van der Waals surface area contributed by atoms with Gasteiger partial charge in [-0.1, -0.05) is 4.67 Å². The van der Waals surface area contributed by atoms with Gasteiger partial charge < -0.3 is 20.7 Å². The Kier molecular flexibility index (Phi) is 6.95. The van der Waals surface area contributed by atoms with Gasteiger partial charge in [-0.3, -0.25) is 9.79 Å². The molecule has 2 aliphatic heterocycles. The molecule has 0 spiro atoms. The van der Waals surface area contributed by atoms with Gasteiger partial charge in [0.25, 0.3) is 12.1 Å². The van der Waals surface area contributed by atoms with Crippen molar-refractivity contribution in [1.29, 1.82) is 0 Å². The summed E-state index contributed by atoms with van der Waals surface area (Å²) in [5.41, 5.74) is 2.88. The summed E-state index contributed by atoms with van der Waals surface area (Å²) in [6.07, 6.45) is 3.25. The standard InChI is InChI=1S/C23H26FN7O2/c1-14-17(3-4-20(24)30-14)18-9-16(13-29-23-26-7-8-27-23)10-19(31-18)22(32)28-12-15-5-6-25-21(11-15)33-2/h3-4,6,9-10,15H,5,7-8,11-13H2,1-2H3,(H2-,26,27,28,29,32)/p+1. The predicted molar refractivity (Wildman–Crippen MR) is 125 cm³/mol. The van der Waals surface area contributed by atoms with E-state index < -0.39 is 5.95 Å². The molecule has 0 bridgehead atoms. The number of halogens is 1. The normalized spacial score (nSPS) is 17.1.